The summed E-state index contributed by atoms with van der Waals surface area (Å²) in [6.07, 6.45) is 3.55. The van der Waals surface area contributed by atoms with Gasteiger partial charge in [0.25, 0.3) is 0 Å². The molecular weight excluding hydrogens is 252 g/mol. The number of carbonyl (C=O) groups excluding carboxylic acids is 1. The maximum atomic E-state index is 10.8. The van der Waals surface area contributed by atoms with Crippen LogP contribution in [0.25, 0.3) is 0 Å². The van der Waals surface area contributed by atoms with Crippen LogP contribution in [0.2, 0.25) is 0 Å². The molecule has 0 aliphatic heterocycles. The van der Waals surface area contributed by atoms with E-state index in [1.807, 2.05) is 25.1 Å². The summed E-state index contributed by atoms with van der Waals surface area (Å²) >= 11 is 0. The highest BCUT2D eigenvalue weighted by Gasteiger charge is 1.99. The van der Waals surface area contributed by atoms with Gasteiger partial charge in [-0.2, -0.15) is 0 Å². The van der Waals surface area contributed by atoms with E-state index < -0.39 is 6.61 Å². The molecule has 0 unspecified atom stereocenters. The van der Waals surface area contributed by atoms with Crippen LogP contribution in [0.5, 0.6) is 0 Å². The Morgan fingerprint density at radius 2 is 2.00 bits per heavy atom. The van der Waals surface area contributed by atoms with Crippen molar-refractivity contribution in [3.8, 4) is 0 Å². The minimum Gasteiger partial charge on any atom is -0.387 e. The van der Waals surface area contributed by atoms with E-state index >= 15 is 0 Å². The fourth-order valence-corrected chi connectivity index (χ4v) is 1.55. The molecule has 4 heteroatoms. The van der Waals surface area contributed by atoms with Gasteiger partial charge in [0, 0.05) is 5.69 Å². The molecule has 3 N–H and O–H groups in total. The number of hydrogen-bond acceptors (Lipinski definition) is 3. The maximum absolute atomic E-state index is 10.8. The molecule has 0 aliphatic rings. The number of hydrogen-bond donors (Lipinski definition) is 3. The molecule has 0 atom stereocenters. The Kier molecular flexibility index (Phi) is 11.8. The number of aliphatic hydroxyl groups excluding tert-OH is 1. The normalized spacial score (nSPS) is 9.60. The van der Waals surface area contributed by atoms with Gasteiger partial charge in [-0.1, -0.05) is 39.3 Å². The number of nitrogens with one attached hydrogen (secondary N) is 2. The van der Waals surface area contributed by atoms with E-state index in [4.69, 9.17) is 5.11 Å². The van der Waals surface area contributed by atoms with Crippen LogP contribution in [-0.2, 0) is 11.2 Å². The Balaban J connectivity index is 0.000000441. The van der Waals surface area contributed by atoms with Gasteiger partial charge < -0.3 is 15.7 Å². The van der Waals surface area contributed by atoms with Crippen molar-refractivity contribution in [3.63, 3.8) is 0 Å². The molecule has 0 radical (unpaired) electrons. The van der Waals surface area contributed by atoms with E-state index in [0.717, 1.165) is 24.2 Å². The molecular formula is C16H28N2O2. The van der Waals surface area contributed by atoms with Gasteiger partial charge in [0.15, 0.2) is 0 Å². The molecule has 1 rings (SSSR count). The number of carbonyl (C=O) groups is 1. The molecule has 0 saturated carbocycles. The number of rotatable bonds is 7. The second-order valence-electron chi connectivity index (χ2n) is 4.47. The molecule has 1 amide bonds. The monoisotopic (exact) mass is 280 g/mol. The predicted octanol–water partition coefficient (Wildman–Crippen LogP) is 2.58. The van der Waals surface area contributed by atoms with Gasteiger partial charge in [0.1, 0.15) is 6.61 Å². The lowest BCUT2D eigenvalue weighted by Crippen LogP contribution is -2.15. The van der Waals surface area contributed by atoms with Crippen LogP contribution >= 0.6 is 0 Å². The Morgan fingerprint density at radius 1 is 1.25 bits per heavy atom. The highest BCUT2D eigenvalue weighted by Crippen LogP contribution is 2.10. The van der Waals surface area contributed by atoms with Crippen molar-refractivity contribution in [1.29, 1.82) is 0 Å². The fraction of sp³-hybridized carbons (Fsp3) is 0.562. The van der Waals surface area contributed by atoms with Gasteiger partial charge in [-0.05, 0) is 43.6 Å². The largest absolute Gasteiger partial charge is 0.387 e. The first-order chi connectivity index (χ1) is 9.67. The Bertz CT molecular complexity index is 363. The number of benzene rings is 1. The number of anilines is 1. The minimum absolute atomic E-state index is 0.381. The van der Waals surface area contributed by atoms with E-state index in [-0.39, 0.29) is 5.91 Å². The van der Waals surface area contributed by atoms with Crippen LogP contribution in [0.4, 0.5) is 5.69 Å². The molecule has 20 heavy (non-hydrogen) atoms. The second-order valence-corrected chi connectivity index (χ2v) is 4.47. The van der Waals surface area contributed by atoms with Gasteiger partial charge in [-0.25, -0.2) is 0 Å². The summed E-state index contributed by atoms with van der Waals surface area (Å²) < 4.78 is 0. The summed E-state index contributed by atoms with van der Waals surface area (Å²) in [5.74, 6) is -0.381. The van der Waals surface area contributed by atoms with E-state index in [2.05, 4.69) is 24.5 Å². The van der Waals surface area contributed by atoms with Gasteiger partial charge in [0.05, 0.1) is 0 Å². The summed E-state index contributed by atoms with van der Waals surface area (Å²) in [5, 5.41) is 14.3. The number of unbranched alkanes of at least 4 members (excludes halogenated alkanes) is 1. The van der Waals surface area contributed by atoms with Crippen molar-refractivity contribution >= 4 is 11.6 Å². The van der Waals surface area contributed by atoms with Crippen LogP contribution in [0.3, 0.4) is 0 Å². The molecule has 1 aromatic rings. The minimum atomic E-state index is -0.476. The summed E-state index contributed by atoms with van der Waals surface area (Å²) in [5.41, 5.74) is 1.90. The van der Waals surface area contributed by atoms with Crippen LogP contribution in [0.15, 0.2) is 24.3 Å². The lowest BCUT2D eigenvalue weighted by atomic mass is 10.1. The van der Waals surface area contributed by atoms with E-state index in [1.54, 1.807) is 6.07 Å². The summed E-state index contributed by atoms with van der Waals surface area (Å²) in [4.78, 5) is 10.8. The van der Waals surface area contributed by atoms with Crippen molar-refractivity contribution in [2.24, 2.45) is 0 Å². The molecule has 0 spiro atoms. The van der Waals surface area contributed by atoms with E-state index in [1.165, 1.54) is 19.4 Å². The molecule has 4 nitrogen and oxygen atoms in total. The van der Waals surface area contributed by atoms with Gasteiger partial charge >= 0.3 is 0 Å². The van der Waals surface area contributed by atoms with Crippen molar-refractivity contribution in [2.45, 2.75) is 40.0 Å². The third-order valence-corrected chi connectivity index (χ3v) is 2.72. The quantitative estimate of drug-likeness (QED) is 0.673. The SMILES string of the molecule is CCCCNCC.CCc1cccc(NC(=O)CO)c1. The molecule has 0 fully saturated rings. The predicted molar refractivity (Wildman–Crippen MR) is 85.0 cm³/mol. The van der Waals surface area contributed by atoms with Crippen LogP contribution in [0, 0.1) is 0 Å². The molecule has 0 saturated heterocycles. The molecule has 0 heterocycles. The first-order valence-electron chi connectivity index (χ1n) is 7.38. The topological polar surface area (TPSA) is 61.4 Å². The third kappa shape index (κ3) is 9.53. The number of amides is 1. The second kappa shape index (κ2) is 12.6. The first-order valence-corrected chi connectivity index (χ1v) is 7.38. The Morgan fingerprint density at radius 3 is 2.55 bits per heavy atom. The van der Waals surface area contributed by atoms with Crippen molar-refractivity contribution in [1.82, 2.24) is 5.32 Å². The average molecular weight is 280 g/mol. The van der Waals surface area contributed by atoms with Gasteiger partial charge in [-0.15, -0.1) is 0 Å². The van der Waals surface area contributed by atoms with Gasteiger partial charge in [0.2, 0.25) is 5.91 Å². The van der Waals surface area contributed by atoms with Crippen molar-refractivity contribution in [3.05, 3.63) is 29.8 Å². The summed E-state index contributed by atoms with van der Waals surface area (Å²) in [7, 11) is 0. The van der Waals surface area contributed by atoms with E-state index in [9.17, 15) is 4.79 Å². The highest BCUT2D eigenvalue weighted by atomic mass is 16.3. The van der Waals surface area contributed by atoms with Crippen molar-refractivity contribution < 1.29 is 9.90 Å². The number of aliphatic hydroxyl groups is 1. The highest BCUT2D eigenvalue weighted by molar-refractivity contribution is 5.91. The lowest BCUT2D eigenvalue weighted by Gasteiger charge is -2.04. The summed E-state index contributed by atoms with van der Waals surface area (Å²) in [6.45, 7) is 8.21. The van der Waals surface area contributed by atoms with Crippen molar-refractivity contribution in [2.75, 3.05) is 25.0 Å². The first kappa shape index (κ1) is 18.6. The van der Waals surface area contributed by atoms with E-state index in [0.29, 0.717) is 0 Å². The van der Waals surface area contributed by atoms with Gasteiger partial charge in [-0.3, -0.25) is 4.79 Å². The Labute approximate surface area is 122 Å². The zero-order valence-electron chi connectivity index (χ0n) is 12.9. The molecule has 0 bridgehead atoms. The van der Waals surface area contributed by atoms with Crippen LogP contribution in [-0.4, -0.2) is 30.7 Å². The van der Waals surface area contributed by atoms with Crippen LogP contribution in [0.1, 0.15) is 39.2 Å². The number of aryl methyl sites for hydroxylation is 1. The molecule has 114 valence electrons. The molecule has 0 aromatic heterocycles. The average Bonchev–Trinajstić information content (AvgIpc) is 2.48. The molecule has 1 aromatic carbocycles. The zero-order chi connectivity index (χ0) is 15.2. The standard InChI is InChI=1S/C10H13NO2.C6H15N/c1-2-8-4-3-5-9(6-8)11-10(13)7-12;1-3-5-6-7-4-2/h3-6,12H,2,7H2,1H3,(H,11,13);7H,3-6H2,1-2H3. The maximum Gasteiger partial charge on any atom is 0.250 e. The smallest absolute Gasteiger partial charge is 0.250 e. The fourth-order valence-electron chi connectivity index (χ4n) is 1.55. The Hall–Kier alpha value is -1.39. The van der Waals surface area contributed by atoms with Crippen LogP contribution < -0.4 is 10.6 Å². The molecule has 0 aliphatic carbocycles. The third-order valence-electron chi connectivity index (χ3n) is 2.72. The summed E-state index contributed by atoms with van der Waals surface area (Å²) in [6, 6.07) is 7.57. The lowest BCUT2D eigenvalue weighted by molar-refractivity contribution is -0.118. The zero-order valence-corrected chi connectivity index (χ0v) is 12.9.